The lowest BCUT2D eigenvalue weighted by atomic mass is 10.1. The summed E-state index contributed by atoms with van der Waals surface area (Å²) in [5.41, 5.74) is 1.93. The Labute approximate surface area is 121 Å². The van der Waals surface area contributed by atoms with E-state index in [1.54, 1.807) is 19.0 Å². The van der Waals surface area contributed by atoms with Crippen LogP contribution in [0.2, 0.25) is 0 Å². The molecular weight excluding hydrogens is 252 g/mol. The molecule has 20 heavy (non-hydrogen) atoms. The normalized spacial score (nSPS) is 10.7. The second-order valence-electron chi connectivity index (χ2n) is 5.07. The number of ketones is 1. The van der Waals surface area contributed by atoms with Crippen LogP contribution < -0.4 is 0 Å². The maximum absolute atomic E-state index is 12.2. The smallest absolute Gasteiger partial charge is 0.236 e. The molecule has 4 heteroatoms. The summed E-state index contributed by atoms with van der Waals surface area (Å²) in [7, 11) is 3.45. The van der Waals surface area contributed by atoms with Crippen LogP contribution in [0.3, 0.4) is 0 Å². The first kappa shape index (κ1) is 16.4. The standard InChI is InChI=1S/C16H24N2O2/c1-5-13-7-9-14(10-8-13)15(19)11-18(6-2)12-16(20)17(3)4/h7-10H,5-6,11-12H2,1-4H3. The van der Waals surface area contributed by atoms with Gasteiger partial charge in [0.15, 0.2) is 5.78 Å². The molecule has 0 bridgehead atoms. The summed E-state index contributed by atoms with van der Waals surface area (Å²) in [6.07, 6.45) is 0.965. The number of nitrogens with zero attached hydrogens (tertiary/aromatic N) is 2. The highest BCUT2D eigenvalue weighted by Crippen LogP contribution is 2.07. The fourth-order valence-electron chi connectivity index (χ4n) is 1.83. The molecule has 0 spiro atoms. The van der Waals surface area contributed by atoms with Gasteiger partial charge < -0.3 is 4.90 Å². The predicted octanol–water partition coefficient (Wildman–Crippen LogP) is 1.84. The van der Waals surface area contributed by atoms with Crippen molar-refractivity contribution in [1.29, 1.82) is 0 Å². The van der Waals surface area contributed by atoms with Crippen LogP contribution in [-0.2, 0) is 11.2 Å². The van der Waals surface area contributed by atoms with Crippen LogP contribution in [0.25, 0.3) is 0 Å². The maximum atomic E-state index is 12.2. The Morgan fingerprint density at radius 1 is 1.00 bits per heavy atom. The van der Waals surface area contributed by atoms with Crippen molar-refractivity contribution in [3.05, 3.63) is 35.4 Å². The van der Waals surface area contributed by atoms with Crippen LogP contribution >= 0.6 is 0 Å². The molecule has 1 aromatic rings. The highest BCUT2D eigenvalue weighted by Gasteiger charge is 2.15. The highest BCUT2D eigenvalue weighted by molar-refractivity contribution is 5.97. The number of Topliss-reactive ketones (excluding diaryl/α,β-unsaturated/α-hetero) is 1. The first-order valence-corrected chi connectivity index (χ1v) is 7.02. The van der Waals surface area contributed by atoms with E-state index in [-0.39, 0.29) is 24.8 Å². The molecule has 0 radical (unpaired) electrons. The van der Waals surface area contributed by atoms with Gasteiger partial charge in [0.2, 0.25) is 5.91 Å². The predicted molar refractivity (Wildman–Crippen MR) is 81.0 cm³/mol. The maximum Gasteiger partial charge on any atom is 0.236 e. The van der Waals surface area contributed by atoms with Crippen LogP contribution in [0, 0.1) is 0 Å². The molecule has 0 N–H and O–H groups in total. The van der Waals surface area contributed by atoms with Crippen molar-refractivity contribution in [2.75, 3.05) is 33.7 Å². The molecule has 0 aromatic heterocycles. The number of likely N-dealkylation sites (N-methyl/N-ethyl adjacent to an activating group) is 2. The van der Waals surface area contributed by atoms with Crippen molar-refractivity contribution in [3.8, 4) is 0 Å². The zero-order valence-corrected chi connectivity index (χ0v) is 12.8. The largest absolute Gasteiger partial charge is 0.348 e. The third-order valence-corrected chi connectivity index (χ3v) is 3.36. The molecule has 1 aromatic carbocycles. The Bertz CT molecular complexity index is 452. The van der Waals surface area contributed by atoms with E-state index < -0.39 is 0 Å². The van der Waals surface area contributed by atoms with E-state index in [0.29, 0.717) is 12.1 Å². The summed E-state index contributed by atoms with van der Waals surface area (Å²) in [6, 6.07) is 7.69. The van der Waals surface area contributed by atoms with Gasteiger partial charge in [-0.05, 0) is 18.5 Å². The molecule has 0 unspecified atom stereocenters. The summed E-state index contributed by atoms with van der Waals surface area (Å²) in [5, 5.41) is 0. The number of hydrogen-bond donors (Lipinski definition) is 0. The minimum atomic E-state index is 0.0148. The number of carbonyl (C=O) groups is 2. The number of benzene rings is 1. The molecular formula is C16H24N2O2. The zero-order chi connectivity index (χ0) is 15.1. The minimum absolute atomic E-state index is 0.0148. The van der Waals surface area contributed by atoms with Crippen LogP contribution in [0.1, 0.15) is 29.8 Å². The van der Waals surface area contributed by atoms with Crippen molar-refractivity contribution in [1.82, 2.24) is 9.80 Å². The molecule has 110 valence electrons. The van der Waals surface area contributed by atoms with Crippen LogP contribution in [-0.4, -0.2) is 55.2 Å². The van der Waals surface area contributed by atoms with Gasteiger partial charge in [-0.15, -0.1) is 0 Å². The summed E-state index contributed by atoms with van der Waals surface area (Å²) < 4.78 is 0. The number of carbonyl (C=O) groups excluding carboxylic acids is 2. The molecule has 0 heterocycles. The van der Waals surface area contributed by atoms with Crippen molar-refractivity contribution >= 4 is 11.7 Å². The van der Waals surface area contributed by atoms with E-state index in [1.165, 1.54) is 5.56 Å². The molecule has 4 nitrogen and oxygen atoms in total. The van der Waals surface area contributed by atoms with E-state index in [2.05, 4.69) is 6.92 Å². The third kappa shape index (κ3) is 4.78. The number of hydrogen-bond acceptors (Lipinski definition) is 3. The SMILES string of the molecule is CCc1ccc(C(=O)CN(CC)CC(=O)N(C)C)cc1. The number of amides is 1. The van der Waals surface area contributed by atoms with E-state index in [0.717, 1.165) is 6.42 Å². The van der Waals surface area contributed by atoms with Crippen molar-refractivity contribution in [2.24, 2.45) is 0 Å². The second-order valence-corrected chi connectivity index (χ2v) is 5.07. The van der Waals surface area contributed by atoms with Crippen LogP contribution in [0.4, 0.5) is 0 Å². The van der Waals surface area contributed by atoms with Crippen molar-refractivity contribution in [3.63, 3.8) is 0 Å². The molecule has 0 fully saturated rings. The zero-order valence-electron chi connectivity index (χ0n) is 12.8. The Balaban J connectivity index is 2.64. The van der Waals surface area contributed by atoms with Gasteiger partial charge in [-0.2, -0.15) is 0 Å². The van der Waals surface area contributed by atoms with E-state index >= 15 is 0 Å². The second kappa shape index (κ2) is 7.80. The van der Waals surface area contributed by atoms with E-state index in [4.69, 9.17) is 0 Å². The topological polar surface area (TPSA) is 40.6 Å². The molecule has 0 aliphatic heterocycles. The van der Waals surface area contributed by atoms with Gasteiger partial charge in [-0.25, -0.2) is 0 Å². The van der Waals surface area contributed by atoms with Crippen LogP contribution in [0.15, 0.2) is 24.3 Å². The van der Waals surface area contributed by atoms with Gasteiger partial charge >= 0.3 is 0 Å². The van der Waals surface area contributed by atoms with Gasteiger partial charge in [-0.1, -0.05) is 38.1 Å². The summed E-state index contributed by atoms with van der Waals surface area (Å²) in [4.78, 5) is 27.3. The lowest BCUT2D eigenvalue weighted by Gasteiger charge is -2.21. The third-order valence-electron chi connectivity index (χ3n) is 3.36. The average Bonchev–Trinajstić information content (AvgIpc) is 2.46. The molecule has 0 aliphatic carbocycles. The fourth-order valence-corrected chi connectivity index (χ4v) is 1.83. The highest BCUT2D eigenvalue weighted by atomic mass is 16.2. The fraction of sp³-hybridized carbons (Fsp3) is 0.500. The van der Waals surface area contributed by atoms with Crippen molar-refractivity contribution in [2.45, 2.75) is 20.3 Å². The monoisotopic (exact) mass is 276 g/mol. The van der Waals surface area contributed by atoms with Gasteiger partial charge in [0.25, 0.3) is 0 Å². The Hall–Kier alpha value is -1.68. The van der Waals surface area contributed by atoms with Gasteiger partial charge in [0.05, 0.1) is 13.1 Å². The Morgan fingerprint density at radius 2 is 1.60 bits per heavy atom. The molecule has 1 amide bonds. The molecule has 0 aliphatic rings. The Morgan fingerprint density at radius 3 is 2.05 bits per heavy atom. The molecule has 1 rings (SSSR count). The molecule has 0 saturated heterocycles. The average molecular weight is 276 g/mol. The summed E-state index contributed by atoms with van der Waals surface area (Å²) in [5.74, 6) is 0.0713. The van der Waals surface area contributed by atoms with Gasteiger partial charge in [0, 0.05) is 19.7 Å². The lowest BCUT2D eigenvalue weighted by Crippen LogP contribution is -2.39. The lowest BCUT2D eigenvalue weighted by molar-refractivity contribution is -0.129. The molecule has 0 saturated carbocycles. The summed E-state index contributed by atoms with van der Waals surface area (Å²) in [6.45, 7) is 5.28. The first-order valence-electron chi connectivity index (χ1n) is 7.02. The van der Waals surface area contributed by atoms with Gasteiger partial charge in [-0.3, -0.25) is 14.5 Å². The quantitative estimate of drug-likeness (QED) is 0.714. The van der Waals surface area contributed by atoms with Gasteiger partial charge in [0.1, 0.15) is 0 Å². The molecule has 0 atom stereocenters. The minimum Gasteiger partial charge on any atom is -0.348 e. The van der Waals surface area contributed by atoms with Crippen LogP contribution in [0.5, 0.6) is 0 Å². The Kier molecular flexibility index (Phi) is 6.39. The van der Waals surface area contributed by atoms with E-state index in [1.807, 2.05) is 36.1 Å². The first-order chi connectivity index (χ1) is 9.47. The number of rotatable bonds is 7. The number of aryl methyl sites for hydroxylation is 1. The van der Waals surface area contributed by atoms with Crippen molar-refractivity contribution < 1.29 is 9.59 Å². The van der Waals surface area contributed by atoms with E-state index in [9.17, 15) is 9.59 Å². The summed E-state index contributed by atoms with van der Waals surface area (Å²) >= 11 is 0.